The zero-order chi connectivity index (χ0) is 22.1. The summed E-state index contributed by atoms with van der Waals surface area (Å²) in [5, 5.41) is 16.5. The van der Waals surface area contributed by atoms with Gasteiger partial charge in [0.1, 0.15) is 0 Å². The first kappa shape index (κ1) is 20.7. The molecule has 3 heterocycles. The van der Waals surface area contributed by atoms with Crippen molar-refractivity contribution in [1.29, 1.82) is 0 Å². The van der Waals surface area contributed by atoms with Crippen molar-refractivity contribution in [2.45, 2.75) is 37.7 Å². The van der Waals surface area contributed by atoms with Gasteiger partial charge in [0, 0.05) is 23.4 Å². The second-order valence-electron chi connectivity index (χ2n) is 7.46. The summed E-state index contributed by atoms with van der Waals surface area (Å²) in [6.45, 7) is 4.73. The van der Waals surface area contributed by atoms with Crippen LogP contribution in [0.2, 0.25) is 0 Å². The van der Waals surface area contributed by atoms with Gasteiger partial charge in [0.15, 0.2) is 10.3 Å². The quantitative estimate of drug-likeness (QED) is 0.333. The summed E-state index contributed by atoms with van der Waals surface area (Å²) < 4.78 is 3.70. The Kier molecular flexibility index (Phi) is 5.67. The van der Waals surface area contributed by atoms with Crippen LogP contribution >= 0.6 is 23.1 Å². The number of thioether (sulfide) groups is 1. The smallest absolute Gasteiger partial charge is 0.262 e. The molecule has 0 radical (unpaired) electrons. The van der Waals surface area contributed by atoms with Gasteiger partial charge in [-0.05, 0) is 37.1 Å². The largest absolute Gasteiger partial charge is 0.331 e. The lowest BCUT2D eigenvalue weighted by atomic mass is 10.2. The number of anilines is 2. The minimum absolute atomic E-state index is 0.0228. The van der Waals surface area contributed by atoms with E-state index in [0.29, 0.717) is 23.5 Å². The number of para-hydroxylation sites is 2. The number of hydrogen-bond acceptors (Lipinski definition) is 7. The van der Waals surface area contributed by atoms with Gasteiger partial charge in [-0.25, -0.2) is 4.98 Å². The maximum atomic E-state index is 13.0. The fourth-order valence-electron chi connectivity index (χ4n) is 3.65. The number of thiazole rings is 1. The molecule has 0 bridgehead atoms. The second-order valence-corrected chi connectivity index (χ2v) is 9.27. The van der Waals surface area contributed by atoms with Gasteiger partial charge in [-0.2, -0.15) is 0 Å². The van der Waals surface area contributed by atoms with Crippen LogP contribution in [0.1, 0.15) is 24.6 Å². The molecule has 5 rings (SSSR count). The van der Waals surface area contributed by atoms with Crippen molar-refractivity contribution in [3.8, 4) is 0 Å². The molecule has 0 fully saturated rings. The maximum Gasteiger partial charge on any atom is 0.262 e. The first-order valence-electron chi connectivity index (χ1n) is 10.4. The lowest BCUT2D eigenvalue weighted by Crippen LogP contribution is -2.23. The number of aromatic nitrogens is 5. The van der Waals surface area contributed by atoms with Crippen LogP contribution < -0.4 is 10.9 Å². The average molecular weight is 463 g/mol. The van der Waals surface area contributed by atoms with Crippen molar-refractivity contribution >= 4 is 50.6 Å². The molecule has 162 valence electrons. The molecular formula is C23H22N6OS2. The normalized spacial score (nSPS) is 11.4. The second kappa shape index (κ2) is 8.76. The van der Waals surface area contributed by atoms with E-state index in [9.17, 15) is 4.79 Å². The van der Waals surface area contributed by atoms with Gasteiger partial charge < -0.3 is 5.32 Å². The van der Waals surface area contributed by atoms with E-state index in [1.165, 1.54) is 5.56 Å². The Labute approximate surface area is 193 Å². The molecule has 0 aliphatic carbocycles. The van der Waals surface area contributed by atoms with E-state index in [1.54, 1.807) is 27.7 Å². The van der Waals surface area contributed by atoms with Crippen molar-refractivity contribution in [1.82, 2.24) is 24.1 Å². The van der Waals surface area contributed by atoms with Crippen LogP contribution in [0.3, 0.4) is 0 Å². The molecule has 32 heavy (non-hydrogen) atoms. The summed E-state index contributed by atoms with van der Waals surface area (Å²) in [4.78, 5) is 17.7. The minimum Gasteiger partial charge on any atom is -0.331 e. The van der Waals surface area contributed by atoms with Crippen LogP contribution in [0.25, 0.3) is 16.7 Å². The highest BCUT2D eigenvalue weighted by molar-refractivity contribution is 7.98. The van der Waals surface area contributed by atoms with E-state index >= 15 is 0 Å². The van der Waals surface area contributed by atoms with Crippen LogP contribution in [0.4, 0.5) is 10.8 Å². The lowest BCUT2D eigenvalue weighted by molar-refractivity contribution is 0.662. The molecule has 9 heteroatoms. The highest BCUT2D eigenvalue weighted by atomic mass is 32.2. The van der Waals surface area contributed by atoms with E-state index in [1.807, 2.05) is 40.8 Å². The van der Waals surface area contributed by atoms with Gasteiger partial charge in [-0.1, -0.05) is 49.0 Å². The Morgan fingerprint density at radius 1 is 1.09 bits per heavy atom. The van der Waals surface area contributed by atoms with Crippen LogP contribution in [-0.2, 0) is 12.3 Å². The maximum absolute atomic E-state index is 13.0. The molecule has 0 amide bonds. The minimum atomic E-state index is -0.0228. The predicted octanol–water partition coefficient (Wildman–Crippen LogP) is 5.26. The summed E-state index contributed by atoms with van der Waals surface area (Å²) in [6, 6.07) is 15.8. The zero-order valence-electron chi connectivity index (χ0n) is 17.8. The summed E-state index contributed by atoms with van der Waals surface area (Å²) >= 11 is 3.15. The van der Waals surface area contributed by atoms with Crippen molar-refractivity contribution < 1.29 is 0 Å². The highest BCUT2D eigenvalue weighted by Gasteiger charge is 2.17. The number of aryl methyl sites for hydroxylation is 2. The van der Waals surface area contributed by atoms with E-state index < -0.39 is 0 Å². The molecule has 0 saturated carbocycles. The van der Waals surface area contributed by atoms with Crippen LogP contribution in [-0.4, -0.2) is 24.1 Å². The van der Waals surface area contributed by atoms with Crippen molar-refractivity contribution in [3.05, 3.63) is 75.5 Å². The third-order valence-electron chi connectivity index (χ3n) is 5.21. The summed E-state index contributed by atoms with van der Waals surface area (Å²) in [6.07, 6.45) is 0.846. The van der Waals surface area contributed by atoms with Gasteiger partial charge >= 0.3 is 0 Å². The zero-order valence-corrected chi connectivity index (χ0v) is 19.4. The third kappa shape index (κ3) is 3.78. The van der Waals surface area contributed by atoms with Crippen molar-refractivity contribution in [2.75, 3.05) is 5.32 Å². The van der Waals surface area contributed by atoms with E-state index in [0.717, 1.165) is 33.6 Å². The Morgan fingerprint density at radius 2 is 1.91 bits per heavy atom. The van der Waals surface area contributed by atoms with Gasteiger partial charge in [0.2, 0.25) is 5.78 Å². The number of hydrogen-bond donors (Lipinski definition) is 1. The molecule has 5 aromatic rings. The van der Waals surface area contributed by atoms with Crippen molar-refractivity contribution in [2.24, 2.45) is 0 Å². The summed E-state index contributed by atoms with van der Waals surface area (Å²) in [7, 11) is 0. The van der Waals surface area contributed by atoms with E-state index in [2.05, 4.69) is 46.9 Å². The molecule has 0 saturated heterocycles. The predicted molar refractivity (Wildman–Crippen MR) is 131 cm³/mol. The van der Waals surface area contributed by atoms with Crippen LogP contribution in [0.15, 0.2) is 63.9 Å². The first-order chi connectivity index (χ1) is 15.7. The molecule has 3 aromatic heterocycles. The summed E-state index contributed by atoms with van der Waals surface area (Å²) in [5.41, 5.74) is 4.01. The first-order valence-corrected chi connectivity index (χ1v) is 12.3. The average Bonchev–Trinajstić information content (AvgIpc) is 3.44. The number of benzene rings is 2. The van der Waals surface area contributed by atoms with Crippen LogP contribution in [0.5, 0.6) is 0 Å². The number of fused-ring (bicyclic) bond motifs is 3. The van der Waals surface area contributed by atoms with Crippen LogP contribution in [0, 0.1) is 6.92 Å². The van der Waals surface area contributed by atoms with E-state index in [4.69, 9.17) is 4.98 Å². The number of nitrogens with one attached hydrogen (secondary N) is 1. The Hall–Kier alpha value is -3.17. The molecule has 7 nitrogen and oxygen atoms in total. The fraction of sp³-hybridized carbons (Fsp3) is 0.217. The Morgan fingerprint density at radius 3 is 2.75 bits per heavy atom. The SMILES string of the molecule is CCCn1c(=O)c2ccccc2n2c(SCc3csc(Nc4ccccc4C)n3)nnc12. The molecule has 0 spiro atoms. The van der Waals surface area contributed by atoms with Gasteiger partial charge in [-0.3, -0.25) is 13.8 Å². The Bertz CT molecular complexity index is 1470. The number of rotatable bonds is 7. The number of nitrogens with zero attached hydrogens (tertiary/aromatic N) is 5. The third-order valence-corrected chi connectivity index (χ3v) is 6.98. The molecule has 0 aliphatic heterocycles. The monoisotopic (exact) mass is 462 g/mol. The molecular weight excluding hydrogens is 440 g/mol. The van der Waals surface area contributed by atoms with Gasteiger partial charge in [0.05, 0.1) is 16.6 Å². The standard InChI is InChI=1S/C23H22N6OS2/c1-3-12-28-20(30)17-9-5-7-11-19(17)29-22(28)26-27-23(29)32-14-16-13-31-21(24-16)25-18-10-6-4-8-15(18)2/h4-11,13H,3,12,14H2,1-2H3,(H,24,25). The van der Waals surface area contributed by atoms with Gasteiger partial charge in [0.25, 0.3) is 5.56 Å². The molecule has 0 atom stereocenters. The highest BCUT2D eigenvalue weighted by Crippen LogP contribution is 2.28. The Balaban J connectivity index is 1.44. The molecule has 1 N–H and O–H groups in total. The van der Waals surface area contributed by atoms with Gasteiger partial charge in [-0.15, -0.1) is 21.5 Å². The summed E-state index contributed by atoms with van der Waals surface area (Å²) in [5.74, 6) is 1.24. The molecule has 2 aromatic carbocycles. The topological polar surface area (TPSA) is 77.1 Å². The lowest BCUT2D eigenvalue weighted by Gasteiger charge is -2.10. The molecule has 0 unspecified atom stereocenters. The van der Waals surface area contributed by atoms with Crippen molar-refractivity contribution in [3.63, 3.8) is 0 Å². The molecule has 0 aliphatic rings. The fourth-order valence-corrected chi connectivity index (χ4v) is 5.31. The van der Waals surface area contributed by atoms with E-state index in [-0.39, 0.29) is 5.56 Å².